The first-order chi connectivity index (χ1) is 12.6. The molecule has 0 unspecified atom stereocenters. The predicted octanol–water partition coefficient (Wildman–Crippen LogP) is 3.56. The van der Waals surface area contributed by atoms with Gasteiger partial charge in [0.2, 0.25) is 0 Å². The molecule has 6 heteroatoms. The zero-order valence-electron chi connectivity index (χ0n) is 15.4. The Bertz CT molecular complexity index is 974. The summed E-state index contributed by atoms with van der Waals surface area (Å²) in [5.74, 6) is 1.17. The number of rotatable bonds is 8. The van der Waals surface area contributed by atoms with E-state index < -0.39 is 11.2 Å². The van der Waals surface area contributed by atoms with Crippen LogP contribution in [0.15, 0.2) is 33.9 Å². The van der Waals surface area contributed by atoms with Gasteiger partial charge in [0.15, 0.2) is 5.82 Å². The van der Waals surface area contributed by atoms with Crippen LogP contribution in [-0.4, -0.2) is 21.6 Å². The standard InChI is InChI=1S/C20H25N3O3/c1-3-4-5-6-7-8-11-23-17-13-15(26-2)10-9-14(17)12-16-18(23)21-20(25)22-19(16)24/h9-10,12-13H,3-8,11H2,1-2H3,(H,22,24,25). The highest BCUT2D eigenvalue weighted by atomic mass is 16.5. The first-order valence-corrected chi connectivity index (χ1v) is 9.25. The average molecular weight is 355 g/mol. The van der Waals surface area contributed by atoms with Crippen molar-refractivity contribution in [2.24, 2.45) is 0 Å². The topological polar surface area (TPSA) is 77.0 Å². The van der Waals surface area contributed by atoms with E-state index in [1.54, 1.807) is 13.2 Å². The maximum Gasteiger partial charge on any atom is 0.349 e. The van der Waals surface area contributed by atoms with Crippen LogP contribution in [0.4, 0.5) is 0 Å². The molecule has 26 heavy (non-hydrogen) atoms. The van der Waals surface area contributed by atoms with E-state index in [4.69, 9.17) is 4.74 Å². The smallest absolute Gasteiger partial charge is 0.349 e. The molecule has 1 aromatic rings. The molecular formula is C20H25N3O3. The molecule has 0 atom stereocenters. The minimum atomic E-state index is -0.610. The van der Waals surface area contributed by atoms with Gasteiger partial charge in [0.1, 0.15) is 5.75 Å². The van der Waals surface area contributed by atoms with E-state index in [9.17, 15) is 9.59 Å². The minimum absolute atomic E-state index is 0.394. The van der Waals surface area contributed by atoms with Gasteiger partial charge in [0.25, 0.3) is 5.56 Å². The van der Waals surface area contributed by atoms with E-state index in [2.05, 4.69) is 16.9 Å². The summed E-state index contributed by atoms with van der Waals surface area (Å²) < 4.78 is 7.32. The van der Waals surface area contributed by atoms with Gasteiger partial charge in [-0.2, -0.15) is 4.98 Å². The number of H-pyrrole nitrogens is 1. The summed E-state index contributed by atoms with van der Waals surface area (Å²) in [7, 11) is 1.62. The second-order valence-corrected chi connectivity index (χ2v) is 6.60. The summed E-state index contributed by atoms with van der Waals surface area (Å²) in [6.45, 7) is 2.91. The van der Waals surface area contributed by atoms with Gasteiger partial charge < -0.3 is 9.30 Å². The third-order valence-electron chi connectivity index (χ3n) is 4.73. The van der Waals surface area contributed by atoms with Crippen LogP contribution in [-0.2, 0) is 6.54 Å². The summed E-state index contributed by atoms with van der Waals surface area (Å²) in [5, 5.41) is 0.926. The molecule has 0 saturated carbocycles. The Labute approximate surface area is 152 Å². The number of hydrogen-bond acceptors (Lipinski definition) is 4. The van der Waals surface area contributed by atoms with Crippen molar-refractivity contribution in [3.8, 4) is 17.1 Å². The third kappa shape index (κ3) is 3.79. The molecule has 0 aromatic heterocycles. The minimum Gasteiger partial charge on any atom is -0.497 e. The van der Waals surface area contributed by atoms with E-state index in [0.717, 1.165) is 29.5 Å². The number of nitrogens with zero attached hydrogens (tertiary/aromatic N) is 2. The van der Waals surface area contributed by atoms with E-state index in [1.165, 1.54) is 25.7 Å². The Hall–Kier alpha value is -2.63. The van der Waals surface area contributed by atoms with Crippen LogP contribution < -0.4 is 16.0 Å². The fraction of sp³-hybridized carbons (Fsp3) is 0.450. The zero-order valence-corrected chi connectivity index (χ0v) is 15.4. The van der Waals surface area contributed by atoms with E-state index in [1.807, 2.05) is 22.8 Å². The first kappa shape index (κ1) is 18.2. The highest BCUT2D eigenvalue weighted by Gasteiger charge is 2.17. The Kier molecular flexibility index (Phi) is 5.71. The number of ether oxygens (including phenoxy) is 1. The molecule has 1 N–H and O–H groups in total. The molecule has 2 aliphatic heterocycles. The van der Waals surface area contributed by atoms with Gasteiger partial charge in [-0.05, 0) is 30.0 Å². The molecule has 1 aromatic carbocycles. The number of nitrogens with one attached hydrogen (secondary N) is 1. The monoisotopic (exact) mass is 355 g/mol. The van der Waals surface area contributed by atoms with Crippen LogP contribution in [0, 0.1) is 0 Å². The largest absolute Gasteiger partial charge is 0.497 e. The van der Waals surface area contributed by atoms with Crippen molar-refractivity contribution in [3.05, 3.63) is 45.1 Å². The molecule has 0 saturated heterocycles. The molecule has 138 valence electrons. The lowest BCUT2D eigenvalue weighted by Crippen LogP contribution is -2.27. The summed E-state index contributed by atoms with van der Waals surface area (Å²) >= 11 is 0. The number of aromatic amines is 1. The Balaban J connectivity index is 2.03. The Morgan fingerprint density at radius 1 is 1.08 bits per heavy atom. The molecule has 0 spiro atoms. The van der Waals surface area contributed by atoms with Gasteiger partial charge in [0.05, 0.1) is 18.2 Å². The fourth-order valence-corrected chi connectivity index (χ4v) is 3.34. The van der Waals surface area contributed by atoms with E-state index in [-0.39, 0.29) is 0 Å². The van der Waals surface area contributed by atoms with Crippen molar-refractivity contribution in [2.75, 3.05) is 7.11 Å². The number of aromatic nitrogens is 3. The van der Waals surface area contributed by atoms with Gasteiger partial charge in [0, 0.05) is 12.6 Å². The van der Waals surface area contributed by atoms with Crippen LogP contribution >= 0.6 is 0 Å². The quantitative estimate of drug-likeness (QED) is 0.495. The molecule has 0 aliphatic carbocycles. The van der Waals surface area contributed by atoms with Gasteiger partial charge in [-0.1, -0.05) is 39.0 Å². The molecule has 0 bridgehead atoms. The maximum absolute atomic E-state index is 12.2. The highest BCUT2D eigenvalue weighted by molar-refractivity contribution is 5.86. The number of benzene rings is 1. The Morgan fingerprint density at radius 3 is 2.62 bits per heavy atom. The molecule has 0 radical (unpaired) electrons. The molecule has 0 fully saturated rings. The summed E-state index contributed by atoms with van der Waals surface area (Å²) in [5.41, 5.74) is 0.354. The molecule has 6 nitrogen and oxygen atoms in total. The van der Waals surface area contributed by atoms with E-state index >= 15 is 0 Å². The third-order valence-corrected chi connectivity index (χ3v) is 4.73. The summed E-state index contributed by atoms with van der Waals surface area (Å²) in [6.07, 6.45) is 7.01. The number of pyridine rings is 1. The van der Waals surface area contributed by atoms with Crippen LogP contribution in [0.2, 0.25) is 0 Å². The summed E-state index contributed by atoms with van der Waals surface area (Å²) in [4.78, 5) is 30.3. The van der Waals surface area contributed by atoms with Crippen LogP contribution in [0.1, 0.15) is 45.4 Å². The Morgan fingerprint density at radius 2 is 1.85 bits per heavy atom. The van der Waals surface area contributed by atoms with Crippen LogP contribution in [0.5, 0.6) is 5.75 Å². The van der Waals surface area contributed by atoms with Gasteiger partial charge in [-0.15, -0.1) is 0 Å². The van der Waals surface area contributed by atoms with E-state index in [0.29, 0.717) is 17.9 Å². The first-order valence-electron chi connectivity index (χ1n) is 9.25. The van der Waals surface area contributed by atoms with Crippen molar-refractivity contribution >= 4 is 10.9 Å². The molecule has 3 rings (SSSR count). The lowest BCUT2D eigenvalue weighted by Gasteiger charge is -2.18. The van der Waals surface area contributed by atoms with Crippen LogP contribution in [0.25, 0.3) is 22.3 Å². The predicted molar refractivity (Wildman–Crippen MR) is 103 cm³/mol. The zero-order chi connectivity index (χ0) is 18.5. The number of methoxy groups -OCH3 is 1. The lowest BCUT2D eigenvalue weighted by atomic mass is 10.1. The number of unbranched alkanes of at least 4 members (excludes halogenated alkanes) is 5. The van der Waals surface area contributed by atoms with Crippen molar-refractivity contribution in [2.45, 2.75) is 52.0 Å². The maximum atomic E-state index is 12.2. The lowest BCUT2D eigenvalue weighted by molar-refractivity contribution is 0.415. The number of aryl methyl sites for hydroxylation is 1. The van der Waals surface area contributed by atoms with Crippen LogP contribution in [0.3, 0.4) is 0 Å². The van der Waals surface area contributed by atoms with Crippen molar-refractivity contribution in [1.82, 2.24) is 14.5 Å². The molecule has 0 amide bonds. The fourth-order valence-electron chi connectivity index (χ4n) is 3.34. The highest BCUT2D eigenvalue weighted by Crippen LogP contribution is 2.27. The second kappa shape index (κ2) is 8.17. The summed E-state index contributed by atoms with van der Waals surface area (Å²) in [6, 6.07) is 7.51. The normalized spacial score (nSPS) is 11.3. The van der Waals surface area contributed by atoms with Crippen molar-refractivity contribution < 1.29 is 4.74 Å². The SMILES string of the molecule is CCCCCCCCn1c2nc(=O)[nH]c(=O)c-2cc2ccc(OC)cc21. The molecule has 2 heterocycles. The number of fused-ring (bicyclic) bond motifs is 2. The number of hydrogen-bond donors (Lipinski definition) is 1. The van der Waals surface area contributed by atoms with Crippen molar-refractivity contribution in [1.29, 1.82) is 0 Å². The van der Waals surface area contributed by atoms with Gasteiger partial charge >= 0.3 is 5.69 Å². The second-order valence-electron chi connectivity index (χ2n) is 6.60. The van der Waals surface area contributed by atoms with Gasteiger partial charge in [-0.3, -0.25) is 9.78 Å². The average Bonchev–Trinajstić information content (AvgIpc) is 2.64. The molecule has 2 aliphatic rings. The van der Waals surface area contributed by atoms with Crippen molar-refractivity contribution in [3.63, 3.8) is 0 Å². The molecular weight excluding hydrogens is 330 g/mol. The van der Waals surface area contributed by atoms with Gasteiger partial charge in [-0.25, -0.2) is 4.79 Å².